The average molecular weight is 636 g/mol. The van der Waals surface area contributed by atoms with Crippen molar-refractivity contribution < 1.29 is 42.8 Å². The number of hydrogen-bond donors (Lipinski definition) is 2. The van der Waals surface area contributed by atoms with Crippen molar-refractivity contribution in [3.05, 3.63) is 78.1 Å². The number of nitrogens with one attached hydrogen (secondary N) is 2. The molecular formula is C25H25F4N3O6S3. The summed E-state index contributed by atoms with van der Waals surface area (Å²) in [4.78, 5) is -0.542. The molecule has 222 valence electrons. The molecule has 0 radical (unpaired) electrons. The molecule has 1 aliphatic rings. The van der Waals surface area contributed by atoms with Crippen LogP contribution in [0, 0.1) is 5.82 Å². The highest BCUT2D eigenvalue weighted by Crippen LogP contribution is 2.35. The maximum absolute atomic E-state index is 14.6. The van der Waals surface area contributed by atoms with E-state index in [1.807, 2.05) is 4.90 Å². The number of alkyl halides is 3. The Bertz CT molecular complexity index is 1760. The summed E-state index contributed by atoms with van der Waals surface area (Å²) in [6.45, 7) is 3.39. The van der Waals surface area contributed by atoms with Crippen LogP contribution in [0.2, 0.25) is 0 Å². The van der Waals surface area contributed by atoms with Crippen LogP contribution < -0.4 is 14.9 Å². The van der Waals surface area contributed by atoms with Crippen molar-refractivity contribution in [1.82, 2.24) is 10.0 Å². The van der Waals surface area contributed by atoms with E-state index in [4.69, 9.17) is 0 Å². The van der Waals surface area contributed by atoms with E-state index in [9.17, 15) is 42.8 Å². The molecule has 1 fully saturated rings. The zero-order chi connectivity index (χ0) is 30.2. The summed E-state index contributed by atoms with van der Waals surface area (Å²) < 4.78 is 132. The summed E-state index contributed by atoms with van der Waals surface area (Å²) in [6.07, 6.45) is 0. The second-order valence-corrected chi connectivity index (χ2v) is 14.7. The Kier molecular flexibility index (Phi) is 8.53. The number of hydrogen-bond acceptors (Lipinski definition) is 8. The number of benzene rings is 3. The molecule has 0 spiro atoms. The summed E-state index contributed by atoms with van der Waals surface area (Å²) in [5, 5.41) is 3.15. The van der Waals surface area contributed by atoms with Gasteiger partial charge in [-0.3, -0.25) is 0 Å². The second kappa shape index (κ2) is 11.3. The lowest BCUT2D eigenvalue weighted by atomic mass is 10.1. The molecule has 1 atom stereocenters. The summed E-state index contributed by atoms with van der Waals surface area (Å²) in [6, 6.07) is 11.2. The molecule has 0 amide bonds. The van der Waals surface area contributed by atoms with Crippen molar-refractivity contribution in [1.29, 1.82) is 0 Å². The van der Waals surface area contributed by atoms with Gasteiger partial charge in [0.25, 0.3) is 0 Å². The highest BCUT2D eigenvalue weighted by molar-refractivity contribution is 7.94. The van der Waals surface area contributed by atoms with Gasteiger partial charge in [-0.1, -0.05) is 24.3 Å². The van der Waals surface area contributed by atoms with Gasteiger partial charge in [0.05, 0.1) is 14.7 Å². The van der Waals surface area contributed by atoms with E-state index in [2.05, 4.69) is 5.32 Å². The van der Waals surface area contributed by atoms with Crippen LogP contribution in [0.4, 0.5) is 23.2 Å². The summed E-state index contributed by atoms with van der Waals surface area (Å²) in [5.41, 5.74) is -5.10. The van der Waals surface area contributed by atoms with Gasteiger partial charge >= 0.3 is 15.5 Å². The first-order chi connectivity index (χ1) is 19.1. The first-order valence-electron chi connectivity index (χ1n) is 12.1. The van der Waals surface area contributed by atoms with E-state index in [-0.39, 0.29) is 5.56 Å². The fraction of sp³-hybridized carbons (Fsp3) is 0.280. The molecule has 3 aromatic carbocycles. The van der Waals surface area contributed by atoms with Crippen molar-refractivity contribution in [2.45, 2.75) is 38.1 Å². The van der Waals surface area contributed by atoms with Gasteiger partial charge in [-0.2, -0.15) is 13.2 Å². The Labute approximate surface area is 235 Å². The molecule has 0 aliphatic carbocycles. The van der Waals surface area contributed by atoms with E-state index >= 15 is 0 Å². The van der Waals surface area contributed by atoms with Gasteiger partial charge in [-0.05, 0) is 55.0 Å². The summed E-state index contributed by atoms with van der Waals surface area (Å²) in [7, 11) is -14.9. The Hall–Kier alpha value is -3.05. The van der Waals surface area contributed by atoms with Gasteiger partial charge in [0, 0.05) is 37.9 Å². The molecular weight excluding hydrogens is 610 g/mol. The minimum Gasteiger partial charge on any atom is -0.369 e. The summed E-state index contributed by atoms with van der Waals surface area (Å²) >= 11 is 0. The Morgan fingerprint density at radius 1 is 0.805 bits per heavy atom. The van der Waals surface area contributed by atoms with Crippen LogP contribution in [0.3, 0.4) is 0 Å². The van der Waals surface area contributed by atoms with Gasteiger partial charge in [-0.25, -0.2) is 34.4 Å². The van der Waals surface area contributed by atoms with Crippen LogP contribution in [0.15, 0.2) is 86.3 Å². The zero-order valence-corrected chi connectivity index (χ0v) is 23.8. The Morgan fingerprint density at radius 3 is 2.00 bits per heavy atom. The first-order valence-corrected chi connectivity index (χ1v) is 16.5. The lowest BCUT2D eigenvalue weighted by Gasteiger charge is -2.30. The fourth-order valence-corrected chi connectivity index (χ4v) is 8.40. The van der Waals surface area contributed by atoms with Crippen LogP contribution in [-0.4, -0.2) is 56.9 Å². The van der Waals surface area contributed by atoms with Crippen LogP contribution in [0.1, 0.15) is 18.5 Å². The fourth-order valence-electron chi connectivity index (χ4n) is 4.26. The third-order valence-electron chi connectivity index (χ3n) is 6.44. The maximum Gasteiger partial charge on any atom is 0.511 e. The van der Waals surface area contributed by atoms with Gasteiger partial charge in [0.15, 0.2) is 0 Å². The molecule has 0 aromatic heterocycles. The predicted molar refractivity (Wildman–Crippen MR) is 142 cm³/mol. The van der Waals surface area contributed by atoms with E-state index in [0.29, 0.717) is 31.9 Å². The minimum atomic E-state index is -5.67. The zero-order valence-electron chi connectivity index (χ0n) is 21.4. The van der Waals surface area contributed by atoms with Gasteiger partial charge in [-0.15, -0.1) is 0 Å². The summed E-state index contributed by atoms with van der Waals surface area (Å²) in [5.74, 6) is -1.07. The maximum atomic E-state index is 14.6. The number of piperazine rings is 1. The number of sulfonamides is 1. The number of nitrogens with zero attached hydrogens (tertiary/aromatic N) is 1. The molecule has 1 aliphatic heterocycles. The molecule has 16 heteroatoms. The number of rotatable bonds is 8. The van der Waals surface area contributed by atoms with Crippen LogP contribution >= 0.6 is 0 Å². The molecule has 1 heterocycles. The Morgan fingerprint density at radius 2 is 1.41 bits per heavy atom. The number of anilines is 1. The largest absolute Gasteiger partial charge is 0.511 e. The van der Waals surface area contributed by atoms with E-state index in [1.165, 1.54) is 29.0 Å². The normalized spacial score (nSPS) is 16.0. The average Bonchev–Trinajstić information content (AvgIpc) is 2.92. The van der Waals surface area contributed by atoms with Crippen molar-refractivity contribution in [2.75, 3.05) is 31.1 Å². The van der Waals surface area contributed by atoms with Gasteiger partial charge in [0.1, 0.15) is 10.7 Å². The van der Waals surface area contributed by atoms with Gasteiger partial charge in [0.2, 0.25) is 19.7 Å². The quantitative estimate of drug-likeness (QED) is 0.361. The third kappa shape index (κ3) is 6.25. The smallest absolute Gasteiger partial charge is 0.369 e. The van der Waals surface area contributed by atoms with Crippen LogP contribution in [0.25, 0.3) is 0 Å². The van der Waals surface area contributed by atoms with E-state index < -0.39 is 66.6 Å². The third-order valence-corrected chi connectivity index (χ3v) is 11.5. The first kappa shape index (κ1) is 30.9. The van der Waals surface area contributed by atoms with Crippen molar-refractivity contribution in [3.63, 3.8) is 0 Å². The topological polar surface area (TPSA) is 130 Å². The molecule has 3 aromatic rings. The molecule has 9 nitrogen and oxygen atoms in total. The SMILES string of the molecule is C[C@H](NS(=O)(=O)C(F)(F)F)c1ccc(S(=O)(=O)c2ccc(N3CCNCC3)cc2S(=O)(=O)c2ccccc2F)cc1. The second-order valence-electron chi connectivity index (χ2n) is 9.16. The van der Waals surface area contributed by atoms with Crippen LogP contribution in [0.5, 0.6) is 0 Å². The molecule has 0 unspecified atom stereocenters. The predicted octanol–water partition coefficient (Wildman–Crippen LogP) is 3.40. The molecule has 4 rings (SSSR count). The Balaban J connectivity index is 1.78. The van der Waals surface area contributed by atoms with Crippen LogP contribution in [-0.2, 0) is 29.7 Å². The van der Waals surface area contributed by atoms with Crippen molar-refractivity contribution >= 4 is 35.4 Å². The highest BCUT2D eigenvalue weighted by Gasteiger charge is 2.46. The molecule has 0 bridgehead atoms. The van der Waals surface area contributed by atoms with Crippen molar-refractivity contribution in [2.24, 2.45) is 0 Å². The standard InChI is InChI=1S/C25H25F4N3O6S3/c1-17(31-41(37,38)25(27,28)29)18-6-9-20(10-7-18)39(33,34)23-11-8-19(32-14-12-30-13-15-32)16-24(23)40(35,36)22-5-3-2-4-21(22)26/h2-11,16-17,30-31H,12-15H2,1H3/t17-/m0/s1. The molecule has 1 saturated heterocycles. The van der Waals surface area contributed by atoms with Crippen molar-refractivity contribution in [3.8, 4) is 0 Å². The minimum absolute atomic E-state index is 0.0185. The number of sulfone groups is 2. The monoisotopic (exact) mass is 635 g/mol. The molecule has 41 heavy (non-hydrogen) atoms. The highest BCUT2D eigenvalue weighted by atomic mass is 32.2. The lowest BCUT2D eigenvalue weighted by molar-refractivity contribution is -0.0450. The van der Waals surface area contributed by atoms with Gasteiger partial charge < -0.3 is 10.2 Å². The lowest BCUT2D eigenvalue weighted by Crippen LogP contribution is -2.43. The molecule has 2 N–H and O–H groups in total. The number of halogens is 4. The van der Waals surface area contributed by atoms with E-state index in [1.54, 1.807) is 0 Å². The molecule has 0 saturated carbocycles. The van der Waals surface area contributed by atoms with E-state index in [0.717, 1.165) is 49.4 Å².